The van der Waals surface area contributed by atoms with E-state index in [1.807, 2.05) is 0 Å². The van der Waals surface area contributed by atoms with Crippen LogP contribution >= 0.6 is 0 Å². The molecule has 1 heterocycles. The van der Waals surface area contributed by atoms with Gasteiger partial charge in [0.2, 0.25) is 10.0 Å². The molecule has 0 bridgehead atoms. The molecular formula is C7H16N2O2S. The summed E-state index contributed by atoms with van der Waals surface area (Å²) in [6, 6.07) is 0. The van der Waals surface area contributed by atoms with Crippen LogP contribution in [-0.2, 0) is 10.0 Å². The first-order chi connectivity index (χ1) is 5.64. The Labute approximate surface area is 73.8 Å². The Balaban J connectivity index is 2.39. The summed E-state index contributed by atoms with van der Waals surface area (Å²) in [6.45, 7) is 1.86. The summed E-state index contributed by atoms with van der Waals surface area (Å²) in [6.07, 6.45) is 2.11. The minimum atomic E-state index is -3.01. The maximum atomic E-state index is 11.1. The summed E-state index contributed by atoms with van der Waals surface area (Å²) in [7, 11) is -1.55. The quantitative estimate of drug-likeness (QED) is 0.636. The molecule has 0 radical (unpaired) electrons. The van der Waals surface area contributed by atoms with Crippen LogP contribution in [0.4, 0.5) is 0 Å². The molecule has 1 unspecified atom stereocenters. The van der Waals surface area contributed by atoms with E-state index in [1.54, 1.807) is 0 Å². The number of hydrogen-bond donors (Lipinski definition) is 2. The van der Waals surface area contributed by atoms with Gasteiger partial charge in [-0.25, -0.2) is 13.1 Å². The summed E-state index contributed by atoms with van der Waals surface area (Å²) in [4.78, 5) is 0. The van der Waals surface area contributed by atoms with Gasteiger partial charge in [-0.05, 0) is 38.9 Å². The lowest BCUT2D eigenvalue weighted by molar-refractivity contribution is 0.403. The largest absolute Gasteiger partial charge is 0.316 e. The van der Waals surface area contributed by atoms with Crippen molar-refractivity contribution in [2.45, 2.75) is 12.8 Å². The van der Waals surface area contributed by atoms with Gasteiger partial charge in [0.05, 0.1) is 5.75 Å². The molecule has 1 atom stereocenters. The van der Waals surface area contributed by atoms with Gasteiger partial charge in [0.25, 0.3) is 0 Å². The van der Waals surface area contributed by atoms with Crippen LogP contribution in [-0.4, -0.2) is 34.3 Å². The predicted molar refractivity (Wildman–Crippen MR) is 48.4 cm³/mol. The van der Waals surface area contributed by atoms with Crippen molar-refractivity contribution in [3.8, 4) is 0 Å². The zero-order valence-electron chi connectivity index (χ0n) is 7.34. The molecule has 1 saturated heterocycles. The number of sulfonamides is 1. The second-order valence-electron chi connectivity index (χ2n) is 3.20. The molecule has 0 saturated carbocycles. The van der Waals surface area contributed by atoms with E-state index < -0.39 is 10.0 Å². The SMILES string of the molecule is CNS(=O)(=O)CC1CCCNC1. The van der Waals surface area contributed by atoms with E-state index in [-0.39, 0.29) is 11.7 Å². The van der Waals surface area contributed by atoms with E-state index in [1.165, 1.54) is 7.05 Å². The van der Waals surface area contributed by atoms with Crippen LogP contribution in [0.5, 0.6) is 0 Å². The maximum absolute atomic E-state index is 11.1. The standard InChI is InChI=1S/C7H16N2O2S/c1-8-12(10,11)6-7-3-2-4-9-5-7/h7-9H,2-6H2,1H3. The zero-order valence-corrected chi connectivity index (χ0v) is 8.15. The van der Waals surface area contributed by atoms with E-state index in [0.717, 1.165) is 25.9 Å². The van der Waals surface area contributed by atoms with Gasteiger partial charge in [-0.1, -0.05) is 0 Å². The first-order valence-corrected chi connectivity index (χ1v) is 5.91. The Morgan fingerprint density at radius 3 is 2.83 bits per heavy atom. The molecule has 0 aromatic heterocycles. The van der Waals surface area contributed by atoms with Gasteiger partial charge in [-0.3, -0.25) is 0 Å². The Hall–Kier alpha value is -0.130. The van der Waals surface area contributed by atoms with E-state index in [0.29, 0.717) is 0 Å². The van der Waals surface area contributed by atoms with E-state index in [2.05, 4.69) is 10.0 Å². The van der Waals surface area contributed by atoms with Gasteiger partial charge in [-0.15, -0.1) is 0 Å². The van der Waals surface area contributed by atoms with Crippen molar-refractivity contribution in [2.24, 2.45) is 5.92 Å². The Kier molecular flexibility index (Phi) is 3.49. The van der Waals surface area contributed by atoms with Gasteiger partial charge in [0.1, 0.15) is 0 Å². The Bertz CT molecular complexity index is 220. The van der Waals surface area contributed by atoms with Gasteiger partial charge >= 0.3 is 0 Å². The molecule has 0 spiro atoms. The van der Waals surface area contributed by atoms with Crippen LogP contribution in [0.2, 0.25) is 0 Å². The van der Waals surface area contributed by atoms with Gasteiger partial charge in [0, 0.05) is 0 Å². The highest BCUT2D eigenvalue weighted by Gasteiger charge is 2.19. The minimum absolute atomic E-state index is 0.260. The minimum Gasteiger partial charge on any atom is -0.316 e. The van der Waals surface area contributed by atoms with E-state index >= 15 is 0 Å². The lowest BCUT2D eigenvalue weighted by atomic mass is 10.0. The van der Waals surface area contributed by atoms with Gasteiger partial charge in [-0.2, -0.15) is 0 Å². The maximum Gasteiger partial charge on any atom is 0.211 e. The summed E-state index contributed by atoms with van der Waals surface area (Å²) >= 11 is 0. The Morgan fingerprint density at radius 2 is 2.33 bits per heavy atom. The normalized spacial score (nSPS) is 25.6. The van der Waals surface area contributed by atoms with Crippen molar-refractivity contribution in [3.63, 3.8) is 0 Å². The van der Waals surface area contributed by atoms with Gasteiger partial charge < -0.3 is 5.32 Å². The highest BCUT2D eigenvalue weighted by Crippen LogP contribution is 2.11. The predicted octanol–water partition coefficient (Wildman–Crippen LogP) is -0.465. The summed E-state index contributed by atoms with van der Waals surface area (Å²) in [5.74, 6) is 0.549. The fraction of sp³-hybridized carbons (Fsp3) is 1.00. The van der Waals surface area contributed by atoms with Crippen molar-refractivity contribution in [1.29, 1.82) is 0 Å². The first-order valence-electron chi connectivity index (χ1n) is 4.26. The molecular weight excluding hydrogens is 176 g/mol. The molecule has 0 aromatic carbocycles. The fourth-order valence-electron chi connectivity index (χ4n) is 1.46. The molecule has 0 aromatic rings. The molecule has 0 amide bonds. The lowest BCUT2D eigenvalue weighted by Crippen LogP contribution is -2.36. The highest BCUT2D eigenvalue weighted by molar-refractivity contribution is 7.89. The monoisotopic (exact) mass is 192 g/mol. The molecule has 1 aliphatic heterocycles. The van der Waals surface area contributed by atoms with Crippen molar-refractivity contribution >= 4 is 10.0 Å². The third kappa shape index (κ3) is 3.08. The van der Waals surface area contributed by atoms with Crippen molar-refractivity contribution in [3.05, 3.63) is 0 Å². The van der Waals surface area contributed by atoms with Crippen LogP contribution in [0, 0.1) is 5.92 Å². The van der Waals surface area contributed by atoms with Crippen molar-refractivity contribution in [1.82, 2.24) is 10.0 Å². The smallest absolute Gasteiger partial charge is 0.211 e. The van der Waals surface area contributed by atoms with E-state index in [4.69, 9.17) is 0 Å². The molecule has 4 nitrogen and oxygen atoms in total. The molecule has 1 rings (SSSR count). The summed E-state index contributed by atoms with van der Waals surface area (Å²) in [5.41, 5.74) is 0. The molecule has 72 valence electrons. The second-order valence-corrected chi connectivity index (χ2v) is 5.17. The molecule has 12 heavy (non-hydrogen) atoms. The fourth-order valence-corrected chi connectivity index (χ4v) is 2.53. The summed E-state index contributed by atoms with van der Waals surface area (Å²) < 4.78 is 24.6. The number of hydrogen-bond acceptors (Lipinski definition) is 3. The molecule has 0 aliphatic carbocycles. The van der Waals surface area contributed by atoms with Crippen LogP contribution in [0.3, 0.4) is 0 Å². The highest BCUT2D eigenvalue weighted by atomic mass is 32.2. The van der Waals surface area contributed by atoms with Crippen LogP contribution < -0.4 is 10.0 Å². The van der Waals surface area contributed by atoms with Crippen LogP contribution in [0.1, 0.15) is 12.8 Å². The zero-order chi connectivity index (χ0) is 9.03. The second kappa shape index (κ2) is 4.20. The third-order valence-corrected chi connectivity index (χ3v) is 3.70. The molecule has 5 heteroatoms. The third-order valence-electron chi connectivity index (χ3n) is 2.17. The Morgan fingerprint density at radius 1 is 1.58 bits per heavy atom. The number of nitrogens with one attached hydrogen (secondary N) is 2. The first kappa shape index (κ1) is 9.95. The van der Waals surface area contributed by atoms with Crippen LogP contribution in [0.25, 0.3) is 0 Å². The van der Waals surface area contributed by atoms with Crippen LogP contribution in [0.15, 0.2) is 0 Å². The van der Waals surface area contributed by atoms with Crippen molar-refractivity contribution in [2.75, 3.05) is 25.9 Å². The average Bonchev–Trinajstić information content (AvgIpc) is 2.06. The molecule has 1 aliphatic rings. The molecule has 1 fully saturated rings. The van der Waals surface area contributed by atoms with E-state index in [9.17, 15) is 8.42 Å². The molecule has 2 N–H and O–H groups in total. The number of piperidine rings is 1. The average molecular weight is 192 g/mol. The number of rotatable bonds is 3. The topological polar surface area (TPSA) is 58.2 Å². The van der Waals surface area contributed by atoms with Gasteiger partial charge in [0.15, 0.2) is 0 Å². The lowest BCUT2D eigenvalue weighted by Gasteiger charge is -2.21. The summed E-state index contributed by atoms with van der Waals surface area (Å²) in [5, 5.41) is 3.19. The van der Waals surface area contributed by atoms with Crippen molar-refractivity contribution < 1.29 is 8.42 Å².